The van der Waals surface area contributed by atoms with Crippen molar-refractivity contribution >= 4 is 11.8 Å². The van der Waals surface area contributed by atoms with Crippen LogP contribution in [0.2, 0.25) is 0 Å². The number of nitrogens with zero attached hydrogens (tertiary/aromatic N) is 3. The maximum atomic E-state index is 11.0. The van der Waals surface area contributed by atoms with E-state index in [0.29, 0.717) is 6.54 Å². The Kier molecular flexibility index (Phi) is 3.56. The second kappa shape index (κ2) is 5.12. The first-order chi connectivity index (χ1) is 8.20. The van der Waals surface area contributed by atoms with Crippen LogP contribution in [0.3, 0.4) is 0 Å². The third-order valence-electron chi connectivity index (χ3n) is 3.16. The van der Waals surface area contributed by atoms with Crippen molar-refractivity contribution in [3.8, 4) is 0 Å². The van der Waals surface area contributed by atoms with Gasteiger partial charge < -0.3 is 10.0 Å². The lowest BCUT2D eigenvalue weighted by molar-refractivity contribution is -0.141. The number of carbonyl (C=O) groups is 1. The molecule has 2 heterocycles. The van der Waals surface area contributed by atoms with Gasteiger partial charge in [-0.1, -0.05) is 6.92 Å². The number of aryl methyl sites for hydroxylation is 1. The minimum Gasteiger partial charge on any atom is -0.481 e. The summed E-state index contributed by atoms with van der Waals surface area (Å²) in [7, 11) is 0. The predicted octanol–water partition coefficient (Wildman–Crippen LogP) is 1.34. The first kappa shape index (κ1) is 11.8. The lowest BCUT2D eigenvalue weighted by atomic mass is 9.98. The monoisotopic (exact) mass is 235 g/mol. The van der Waals surface area contributed by atoms with Crippen molar-refractivity contribution in [3.63, 3.8) is 0 Å². The molecule has 0 spiro atoms. The Bertz CT molecular complexity index is 391. The Morgan fingerprint density at radius 2 is 2.35 bits per heavy atom. The number of rotatable bonds is 3. The number of aliphatic carboxylic acids is 1. The van der Waals surface area contributed by atoms with E-state index in [4.69, 9.17) is 5.11 Å². The maximum Gasteiger partial charge on any atom is 0.308 e. The van der Waals surface area contributed by atoms with Crippen LogP contribution in [-0.4, -0.2) is 34.4 Å². The molecule has 0 amide bonds. The zero-order valence-corrected chi connectivity index (χ0v) is 9.96. The van der Waals surface area contributed by atoms with Gasteiger partial charge in [-0.25, -0.2) is 0 Å². The van der Waals surface area contributed by atoms with Gasteiger partial charge in [0.05, 0.1) is 11.6 Å². The van der Waals surface area contributed by atoms with Crippen LogP contribution in [0.4, 0.5) is 5.82 Å². The van der Waals surface area contributed by atoms with Crippen LogP contribution >= 0.6 is 0 Å². The van der Waals surface area contributed by atoms with Gasteiger partial charge in [0.15, 0.2) is 5.82 Å². The van der Waals surface area contributed by atoms with Crippen LogP contribution in [0.1, 0.15) is 25.5 Å². The summed E-state index contributed by atoms with van der Waals surface area (Å²) in [6.45, 7) is 3.43. The van der Waals surface area contributed by atoms with E-state index in [9.17, 15) is 4.79 Å². The molecule has 5 nitrogen and oxygen atoms in total. The minimum absolute atomic E-state index is 0.281. The molecule has 1 atom stereocenters. The number of anilines is 1. The molecule has 1 aromatic rings. The summed E-state index contributed by atoms with van der Waals surface area (Å²) < 4.78 is 0. The van der Waals surface area contributed by atoms with Gasteiger partial charge in [-0.15, -0.1) is 5.10 Å². The van der Waals surface area contributed by atoms with E-state index >= 15 is 0 Å². The largest absolute Gasteiger partial charge is 0.481 e. The Hall–Kier alpha value is -1.65. The summed E-state index contributed by atoms with van der Waals surface area (Å²) in [6, 6.07) is 3.88. The Morgan fingerprint density at radius 3 is 2.94 bits per heavy atom. The minimum atomic E-state index is -0.715. The van der Waals surface area contributed by atoms with Crippen molar-refractivity contribution in [2.45, 2.75) is 26.2 Å². The van der Waals surface area contributed by atoms with Crippen LogP contribution in [0.25, 0.3) is 0 Å². The normalized spacial score (nSPS) is 20.3. The summed E-state index contributed by atoms with van der Waals surface area (Å²) in [5.74, 6) is -0.211. The highest BCUT2D eigenvalue weighted by Gasteiger charge is 2.26. The van der Waals surface area contributed by atoms with Gasteiger partial charge in [-0.3, -0.25) is 4.79 Å². The highest BCUT2D eigenvalue weighted by atomic mass is 16.4. The second-order valence-electron chi connectivity index (χ2n) is 4.36. The molecule has 92 valence electrons. The summed E-state index contributed by atoms with van der Waals surface area (Å²) >= 11 is 0. The number of carboxylic acid groups (broad SMARTS) is 1. The van der Waals surface area contributed by atoms with Gasteiger partial charge >= 0.3 is 5.97 Å². The molecule has 0 aliphatic carbocycles. The SMILES string of the molecule is CCc1ccc(N2CCCC(C(=O)O)C2)nn1. The molecule has 0 aromatic carbocycles. The van der Waals surface area contributed by atoms with Crippen molar-refractivity contribution in [1.82, 2.24) is 10.2 Å². The predicted molar refractivity (Wildman–Crippen MR) is 64.0 cm³/mol. The molecular formula is C12H17N3O2. The van der Waals surface area contributed by atoms with Crippen LogP contribution < -0.4 is 4.90 Å². The summed E-state index contributed by atoms with van der Waals surface area (Å²) in [6.07, 6.45) is 2.52. The molecule has 0 bridgehead atoms. The zero-order chi connectivity index (χ0) is 12.3. The van der Waals surface area contributed by atoms with E-state index in [1.165, 1.54) is 0 Å². The van der Waals surface area contributed by atoms with Crippen LogP contribution in [0.15, 0.2) is 12.1 Å². The highest BCUT2D eigenvalue weighted by molar-refractivity contribution is 5.71. The average molecular weight is 235 g/mol. The van der Waals surface area contributed by atoms with E-state index in [-0.39, 0.29) is 5.92 Å². The molecule has 1 N–H and O–H groups in total. The Balaban J connectivity index is 2.08. The van der Waals surface area contributed by atoms with Crippen LogP contribution in [0.5, 0.6) is 0 Å². The van der Waals surface area contributed by atoms with Gasteiger partial charge in [0.1, 0.15) is 0 Å². The number of hydrogen-bond donors (Lipinski definition) is 1. The van der Waals surface area contributed by atoms with Gasteiger partial charge in [0.25, 0.3) is 0 Å². The topological polar surface area (TPSA) is 66.3 Å². The highest BCUT2D eigenvalue weighted by Crippen LogP contribution is 2.21. The molecule has 1 aliphatic heterocycles. The third kappa shape index (κ3) is 2.72. The first-order valence-electron chi connectivity index (χ1n) is 6.01. The average Bonchev–Trinajstić information content (AvgIpc) is 2.39. The number of piperidine rings is 1. The van der Waals surface area contributed by atoms with E-state index < -0.39 is 5.97 Å². The first-order valence-corrected chi connectivity index (χ1v) is 6.01. The number of hydrogen-bond acceptors (Lipinski definition) is 4. The van der Waals surface area contributed by atoms with Gasteiger partial charge in [0, 0.05) is 13.1 Å². The molecule has 2 rings (SSSR count). The lowest BCUT2D eigenvalue weighted by Gasteiger charge is -2.31. The molecule has 1 fully saturated rings. The molecule has 5 heteroatoms. The van der Waals surface area contributed by atoms with E-state index in [1.807, 2.05) is 24.0 Å². The number of carboxylic acids is 1. The van der Waals surface area contributed by atoms with Crippen LogP contribution in [0, 0.1) is 5.92 Å². The van der Waals surface area contributed by atoms with E-state index in [1.54, 1.807) is 0 Å². The van der Waals surface area contributed by atoms with Crippen LogP contribution in [-0.2, 0) is 11.2 Å². The van der Waals surface area contributed by atoms with Crippen molar-refractivity contribution in [1.29, 1.82) is 0 Å². The molecule has 0 radical (unpaired) electrons. The molecule has 1 aliphatic rings. The fourth-order valence-electron chi connectivity index (χ4n) is 2.10. The molecule has 0 saturated carbocycles. The Morgan fingerprint density at radius 1 is 1.53 bits per heavy atom. The van der Waals surface area contributed by atoms with E-state index in [0.717, 1.165) is 37.3 Å². The fraction of sp³-hybridized carbons (Fsp3) is 0.583. The molecular weight excluding hydrogens is 218 g/mol. The summed E-state index contributed by atoms with van der Waals surface area (Å²) in [4.78, 5) is 13.0. The molecule has 1 saturated heterocycles. The lowest BCUT2D eigenvalue weighted by Crippen LogP contribution is -2.39. The van der Waals surface area contributed by atoms with Crippen molar-refractivity contribution in [2.75, 3.05) is 18.0 Å². The molecule has 1 aromatic heterocycles. The summed E-state index contributed by atoms with van der Waals surface area (Å²) in [5.41, 5.74) is 0.959. The van der Waals surface area contributed by atoms with Crippen molar-refractivity contribution < 1.29 is 9.90 Å². The fourth-order valence-corrected chi connectivity index (χ4v) is 2.10. The summed E-state index contributed by atoms with van der Waals surface area (Å²) in [5, 5.41) is 17.3. The molecule has 17 heavy (non-hydrogen) atoms. The van der Waals surface area contributed by atoms with Gasteiger partial charge in [-0.2, -0.15) is 5.10 Å². The maximum absolute atomic E-state index is 11.0. The standard InChI is InChI=1S/C12H17N3O2/c1-2-10-5-6-11(14-13-10)15-7-3-4-9(8-15)12(16)17/h5-6,9H,2-4,7-8H2,1H3,(H,16,17). The number of aromatic nitrogens is 2. The van der Waals surface area contributed by atoms with Crippen molar-refractivity contribution in [3.05, 3.63) is 17.8 Å². The second-order valence-corrected chi connectivity index (χ2v) is 4.36. The van der Waals surface area contributed by atoms with E-state index in [2.05, 4.69) is 10.2 Å². The van der Waals surface area contributed by atoms with Gasteiger partial charge in [-0.05, 0) is 31.4 Å². The quantitative estimate of drug-likeness (QED) is 0.856. The van der Waals surface area contributed by atoms with Gasteiger partial charge in [0.2, 0.25) is 0 Å². The smallest absolute Gasteiger partial charge is 0.308 e. The third-order valence-corrected chi connectivity index (χ3v) is 3.16. The van der Waals surface area contributed by atoms with Crippen molar-refractivity contribution in [2.24, 2.45) is 5.92 Å². The zero-order valence-electron chi connectivity index (χ0n) is 9.96. The molecule has 1 unspecified atom stereocenters. The Labute approximate surface area is 100 Å².